The van der Waals surface area contributed by atoms with Crippen molar-refractivity contribution in [3.63, 3.8) is 0 Å². The predicted octanol–water partition coefficient (Wildman–Crippen LogP) is 2.09. The molecule has 0 aliphatic carbocycles. The van der Waals surface area contributed by atoms with Crippen LogP contribution in [0.25, 0.3) is 0 Å². The standard InChI is InChI=1S/C17H31N5O2/c1-7-22-15(5)16(14(4)19-22)18-17(23)20(6)8-9-21-10-12(2)24-13(3)11-21/h12-13H,7-11H2,1-6H3,(H,18,23)/t12-,13+. The number of hydrogen-bond donors (Lipinski definition) is 1. The Morgan fingerprint density at radius 1 is 1.33 bits per heavy atom. The molecular formula is C17H31N5O2. The van der Waals surface area contributed by atoms with Gasteiger partial charge in [0.1, 0.15) is 0 Å². The van der Waals surface area contributed by atoms with E-state index in [0.29, 0.717) is 6.54 Å². The Labute approximate surface area is 144 Å². The summed E-state index contributed by atoms with van der Waals surface area (Å²) >= 11 is 0. The minimum Gasteiger partial charge on any atom is -0.373 e. The number of rotatable bonds is 5. The molecule has 1 aromatic rings. The van der Waals surface area contributed by atoms with E-state index in [1.54, 1.807) is 4.90 Å². The molecular weight excluding hydrogens is 306 g/mol. The van der Waals surface area contributed by atoms with Gasteiger partial charge in [0.15, 0.2) is 0 Å². The molecule has 1 fully saturated rings. The van der Waals surface area contributed by atoms with E-state index >= 15 is 0 Å². The molecule has 24 heavy (non-hydrogen) atoms. The third kappa shape index (κ3) is 4.48. The van der Waals surface area contributed by atoms with Gasteiger partial charge in [-0.1, -0.05) is 0 Å². The molecule has 2 amide bonds. The average Bonchev–Trinajstić information content (AvgIpc) is 2.79. The number of aromatic nitrogens is 2. The zero-order chi connectivity index (χ0) is 17.9. The summed E-state index contributed by atoms with van der Waals surface area (Å²) in [6.45, 7) is 14.3. The smallest absolute Gasteiger partial charge is 0.321 e. The van der Waals surface area contributed by atoms with Crippen LogP contribution in [0.3, 0.4) is 0 Å². The molecule has 0 bridgehead atoms. The molecule has 0 unspecified atom stereocenters. The molecule has 2 rings (SSSR count). The van der Waals surface area contributed by atoms with E-state index in [0.717, 1.165) is 43.3 Å². The van der Waals surface area contributed by atoms with Crippen molar-refractivity contribution in [2.24, 2.45) is 0 Å². The number of urea groups is 1. The molecule has 1 aliphatic rings. The van der Waals surface area contributed by atoms with Gasteiger partial charge in [0, 0.05) is 39.8 Å². The number of morpholine rings is 1. The van der Waals surface area contributed by atoms with Gasteiger partial charge in [-0.25, -0.2) is 4.79 Å². The maximum absolute atomic E-state index is 12.5. The predicted molar refractivity (Wildman–Crippen MR) is 95.5 cm³/mol. The fourth-order valence-electron chi connectivity index (χ4n) is 3.25. The second kappa shape index (κ2) is 7.98. The Morgan fingerprint density at radius 2 is 1.96 bits per heavy atom. The Morgan fingerprint density at radius 3 is 2.50 bits per heavy atom. The first-order chi connectivity index (χ1) is 11.3. The molecule has 0 aromatic carbocycles. The Kier molecular flexibility index (Phi) is 6.23. The van der Waals surface area contributed by atoms with E-state index in [-0.39, 0.29) is 18.2 Å². The Balaban J connectivity index is 1.87. The van der Waals surface area contributed by atoms with Gasteiger partial charge in [0.25, 0.3) is 0 Å². The van der Waals surface area contributed by atoms with Gasteiger partial charge >= 0.3 is 6.03 Å². The normalized spacial score (nSPS) is 21.8. The van der Waals surface area contributed by atoms with Crippen molar-refractivity contribution in [2.75, 3.05) is 38.5 Å². The summed E-state index contributed by atoms with van der Waals surface area (Å²) in [7, 11) is 1.83. The van der Waals surface area contributed by atoms with Gasteiger partial charge in [0.05, 0.1) is 29.3 Å². The van der Waals surface area contributed by atoms with Gasteiger partial charge in [-0.15, -0.1) is 0 Å². The number of nitrogens with one attached hydrogen (secondary N) is 1. The van der Waals surface area contributed by atoms with Gasteiger partial charge in [-0.2, -0.15) is 5.10 Å². The van der Waals surface area contributed by atoms with Gasteiger partial charge in [-0.3, -0.25) is 9.58 Å². The van der Waals surface area contributed by atoms with Crippen LogP contribution in [-0.2, 0) is 11.3 Å². The number of likely N-dealkylation sites (N-methyl/N-ethyl adjacent to an activating group) is 1. The van der Waals surface area contributed by atoms with Crippen molar-refractivity contribution < 1.29 is 9.53 Å². The molecule has 1 N–H and O–H groups in total. The molecule has 1 aliphatic heterocycles. The molecule has 0 saturated carbocycles. The highest BCUT2D eigenvalue weighted by Gasteiger charge is 2.23. The first-order valence-electron chi connectivity index (χ1n) is 8.75. The number of amides is 2. The van der Waals surface area contributed by atoms with Gasteiger partial charge in [0.2, 0.25) is 0 Å². The second-order valence-electron chi connectivity index (χ2n) is 6.73. The molecule has 7 heteroatoms. The lowest BCUT2D eigenvalue weighted by Crippen LogP contribution is -2.48. The van der Waals surface area contributed by atoms with Crippen LogP contribution >= 0.6 is 0 Å². The topological polar surface area (TPSA) is 62.6 Å². The van der Waals surface area contributed by atoms with E-state index in [1.165, 1.54) is 0 Å². The molecule has 0 spiro atoms. The number of anilines is 1. The maximum Gasteiger partial charge on any atom is 0.321 e. The van der Waals surface area contributed by atoms with Crippen molar-refractivity contribution in [3.05, 3.63) is 11.4 Å². The number of carbonyl (C=O) groups excluding carboxylic acids is 1. The molecule has 1 aromatic heterocycles. The van der Waals surface area contributed by atoms with Crippen molar-refractivity contribution in [3.8, 4) is 0 Å². The molecule has 2 heterocycles. The van der Waals surface area contributed by atoms with Crippen LogP contribution in [0.2, 0.25) is 0 Å². The van der Waals surface area contributed by atoms with E-state index in [4.69, 9.17) is 4.74 Å². The molecule has 2 atom stereocenters. The number of nitrogens with zero attached hydrogens (tertiary/aromatic N) is 4. The SMILES string of the molecule is CCn1nc(C)c(NC(=O)N(C)CCN2C[C@@H](C)O[C@@H](C)C2)c1C. The van der Waals surface area contributed by atoms with Crippen molar-refractivity contribution in [1.82, 2.24) is 19.6 Å². The Hall–Kier alpha value is -1.60. The summed E-state index contributed by atoms with van der Waals surface area (Å²) in [6, 6.07) is -0.0915. The van der Waals surface area contributed by atoms with Crippen molar-refractivity contribution in [2.45, 2.75) is 53.4 Å². The summed E-state index contributed by atoms with van der Waals surface area (Å²) in [4.78, 5) is 16.5. The fourth-order valence-corrected chi connectivity index (χ4v) is 3.25. The summed E-state index contributed by atoms with van der Waals surface area (Å²) in [5.74, 6) is 0. The van der Waals surface area contributed by atoms with Crippen LogP contribution in [0.15, 0.2) is 0 Å². The number of ether oxygens (including phenoxy) is 1. The quantitative estimate of drug-likeness (QED) is 0.894. The third-order valence-corrected chi connectivity index (χ3v) is 4.51. The number of hydrogen-bond acceptors (Lipinski definition) is 4. The summed E-state index contributed by atoms with van der Waals surface area (Å²) in [5.41, 5.74) is 2.67. The number of carbonyl (C=O) groups is 1. The highest BCUT2D eigenvalue weighted by Crippen LogP contribution is 2.19. The van der Waals surface area contributed by atoms with Crippen LogP contribution in [0.5, 0.6) is 0 Å². The van der Waals surface area contributed by atoms with Crippen LogP contribution in [0.4, 0.5) is 10.5 Å². The Bertz CT molecular complexity index is 562. The van der Waals surface area contributed by atoms with Crippen LogP contribution in [0, 0.1) is 13.8 Å². The second-order valence-corrected chi connectivity index (χ2v) is 6.73. The zero-order valence-corrected chi connectivity index (χ0v) is 15.8. The summed E-state index contributed by atoms with van der Waals surface area (Å²) in [6.07, 6.45) is 0.496. The minimum absolute atomic E-state index is 0.0915. The lowest BCUT2D eigenvalue weighted by molar-refractivity contribution is -0.0684. The summed E-state index contributed by atoms with van der Waals surface area (Å²) < 4.78 is 7.65. The van der Waals surface area contributed by atoms with Crippen LogP contribution in [-0.4, -0.2) is 71.0 Å². The highest BCUT2D eigenvalue weighted by atomic mass is 16.5. The van der Waals surface area contributed by atoms with E-state index in [1.807, 2.05) is 32.5 Å². The first kappa shape index (κ1) is 18.7. The molecule has 7 nitrogen and oxygen atoms in total. The maximum atomic E-state index is 12.5. The van der Waals surface area contributed by atoms with E-state index < -0.39 is 0 Å². The minimum atomic E-state index is -0.0915. The van der Waals surface area contributed by atoms with Gasteiger partial charge < -0.3 is 15.0 Å². The monoisotopic (exact) mass is 337 g/mol. The third-order valence-electron chi connectivity index (χ3n) is 4.51. The first-order valence-corrected chi connectivity index (χ1v) is 8.75. The lowest BCUT2D eigenvalue weighted by atomic mass is 10.2. The molecule has 1 saturated heterocycles. The van der Waals surface area contributed by atoms with Crippen molar-refractivity contribution >= 4 is 11.7 Å². The number of aryl methyl sites for hydroxylation is 2. The summed E-state index contributed by atoms with van der Waals surface area (Å²) in [5, 5.41) is 7.44. The van der Waals surface area contributed by atoms with E-state index in [2.05, 4.69) is 29.2 Å². The van der Waals surface area contributed by atoms with Crippen molar-refractivity contribution in [1.29, 1.82) is 0 Å². The van der Waals surface area contributed by atoms with Gasteiger partial charge in [-0.05, 0) is 34.6 Å². The highest BCUT2D eigenvalue weighted by molar-refractivity contribution is 5.90. The molecule has 136 valence electrons. The van der Waals surface area contributed by atoms with Crippen LogP contribution in [0.1, 0.15) is 32.2 Å². The largest absolute Gasteiger partial charge is 0.373 e. The van der Waals surface area contributed by atoms with Crippen LogP contribution < -0.4 is 5.32 Å². The fraction of sp³-hybridized carbons (Fsp3) is 0.765. The van der Waals surface area contributed by atoms with E-state index in [9.17, 15) is 4.79 Å². The average molecular weight is 337 g/mol. The molecule has 0 radical (unpaired) electrons. The zero-order valence-electron chi connectivity index (χ0n) is 15.8. The lowest BCUT2D eigenvalue weighted by Gasteiger charge is -2.36.